The normalized spacial score (nSPS) is 30.3. The number of tetrazole rings is 1. The standard InChI is InChI=1S/C11H19N5O2/c1-15-13-11(12-14-15)5-9(17)10-6-16-4-2-3-8(16)7-18-10/h8-10,17H,2-7H2,1H3. The van der Waals surface area contributed by atoms with E-state index >= 15 is 0 Å². The highest BCUT2D eigenvalue weighted by Gasteiger charge is 2.35. The Balaban J connectivity index is 1.57. The SMILES string of the molecule is Cn1nnc(CC(O)C2CN3CCCC3CO2)n1. The van der Waals surface area contributed by atoms with Crippen LogP contribution in [0, 0.1) is 0 Å². The second kappa shape index (κ2) is 4.91. The van der Waals surface area contributed by atoms with Gasteiger partial charge in [0.25, 0.3) is 0 Å². The topological polar surface area (TPSA) is 76.3 Å². The number of aliphatic hydroxyl groups excluding tert-OH is 1. The lowest BCUT2D eigenvalue weighted by atomic mass is 10.1. The van der Waals surface area contributed by atoms with Gasteiger partial charge in [-0.3, -0.25) is 4.90 Å². The predicted molar refractivity (Wildman–Crippen MR) is 62.8 cm³/mol. The van der Waals surface area contributed by atoms with Gasteiger partial charge >= 0.3 is 0 Å². The number of morpholine rings is 1. The molecule has 2 aliphatic rings. The molecular formula is C11H19N5O2. The summed E-state index contributed by atoms with van der Waals surface area (Å²) in [6.45, 7) is 2.67. The molecule has 0 spiro atoms. The first-order valence-electron chi connectivity index (χ1n) is 6.49. The first-order chi connectivity index (χ1) is 8.72. The van der Waals surface area contributed by atoms with Gasteiger partial charge in [0, 0.05) is 19.0 Å². The van der Waals surface area contributed by atoms with Crippen molar-refractivity contribution in [2.45, 2.75) is 37.5 Å². The zero-order valence-corrected chi connectivity index (χ0v) is 10.6. The summed E-state index contributed by atoms with van der Waals surface area (Å²) in [7, 11) is 1.72. The van der Waals surface area contributed by atoms with Gasteiger partial charge in [0.2, 0.25) is 0 Å². The van der Waals surface area contributed by atoms with Gasteiger partial charge < -0.3 is 9.84 Å². The molecule has 0 saturated carbocycles. The second-order valence-corrected chi connectivity index (χ2v) is 5.13. The fourth-order valence-electron chi connectivity index (χ4n) is 2.80. The van der Waals surface area contributed by atoms with Gasteiger partial charge in [0.05, 0.1) is 25.9 Å². The molecule has 0 bridgehead atoms. The number of aliphatic hydroxyl groups is 1. The summed E-state index contributed by atoms with van der Waals surface area (Å²) < 4.78 is 5.76. The van der Waals surface area contributed by atoms with E-state index in [9.17, 15) is 5.11 Å². The van der Waals surface area contributed by atoms with Crippen LogP contribution in [-0.2, 0) is 18.2 Å². The first kappa shape index (κ1) is 12.0. The van der Waals surface area contributed by atoms with Crippen molar-refractivity contribution >= 4 is 0 Å². The molecule has 2 fully saturated rings. The summed E-state index contributed by atoms with van der Waals surface area (Å²) in [6, 6.07) is 0.558. The van der Waals surface area contributed by atoms with Gasteiger partial charge in [-0.2, -0.15) is 4.80 Å². The fourth-order valence-corrected chi connectivity index (χ4v) is 2.80. The Bertz CT molecular complexity index is 410. The van der Waals surface area contributed by atoms with Gasteiger partial charge in [0.1, 0.15) is 0 Å². The minimum Gasteiger partial charge on any atom is -0.390 e. The van der Waals surface area contributed by atoms with Gasteiger partial charge in [-0.25, -0.2) is 0 Å². The highest BCUT2D eigenvalue weighted by molar-refractivity contribution is 4.91. The minimum absolute atomic E-state index is 0.136. The molecule has 3 heterocycles. The number of rotatable bonds is 3. The zero-order valence-electron chi connectivity index (χ0n) is 10.6. The third-order valence-electron chi connectivity index (χ3n) is 3.79. The number of ether oxygens (including phenoxy) is 1. The van der Waals surface area contributed by atoms with Crippen LogP contribution < -0.4 is 0 Å². The number of aryl methyl sites for hydroxylation is 1. The van der Waals surface area contributed by atoms with Gasteiger partial charge in [-0.1, -0.05) is 0 Å². The van der Waals surface area contributed by atoms with E-state index in [2.05, 4.69) is 20.3 Å². The van der Waals surface area contributed by atoms with E-state index in [4.69, 9.17) is 4.74 Å². The van der Waals surface area contributed by atoms with Crippen LogP contribution in [0.2, 0.25) is 0 Å². The van der Waals surface area contributed by atoms with Crippen molar-refractivity contribution in [1.29, 1.82) is 0 Å². The Hall–Kier alpha value is -1.05. The second-order valence-electron chi connectivity index (χ2n) is 5.13. The number of nitrogens with zero attached hydrogens (tertiary/aromatic N) is 5. The van der Waals surface area contributed by atoms with Crippen molar-refractivity contribution in [2.75, 3.05) is 19.7 Å². The number of hydrogen-bond acceptors (Lipinski definition) is 6. The molecule has 18 heavy (non-hydrogen) atoms. The Labute approximate surface area is 106 Å². The molecule has 1 aromatic heterocycles. The van der Waals surface area contributed by atoms with E-state index < -0.39 is 6.10 Å². The summed E-state index contributed by atoms with van der Waals surface area (Å²) in [4.78, 5) is 3.82. The molecule has 0 radical (unpaired) electrons. The summed E-state index contributed by atoms with van der Waals surface area (Å²) in [6.07, 6.45) is 2.16. The maximum Gasteiger partial charge on any atom is 0.177 e. The van der Waals surface area contributed by atoms with Crippen LogP contribution in [0.1, 0.15) is 18.7 Å². The summed E-state index contributed by atoms with van der Waals surface area (Å²) in [5.41, 5.74) is 0. The molecule has 2 saturated heterocycles. The molecule has 1 aromatic rings. The third kappa shape index (κ3) is 2.38. The third-order valence-corrected chi connectivity index (χ3v) is 3.79. The highest BCUT2D eigenvalue weighted by Crippen LogP contribution is 2.24. The van der Waals surface area contributed by atoms with Crippen LogP contribution in [0.25, 0.3) is 0 Å². The van der Waals surface area contributed by atoms with Crippen molar-refractivity contribution in [1.82, 2.24) is 25.1 Å². The monoisotopic (exact) mass is 253 g/mol. The average Bonchev–Trinajstić information content (AvgIpc) is 2.96. The van der Waals surface area contributed by atoms with Crippen molar-refractivity contribution in [3.05, 3.63) is 5.82 Å². The fraction of sp³-hybridized carbons (Fsp3) is 0.909. The van der Waals surface area contributed by atoms with E-state index in [0.717, 1.165) is 19.7 Å². The molecular weight excluding hydrogens is 234 g/mol. The maximum absolute atomic E-state index is 10.2. The van der Waals surface area contributed by atoms with Crippen LogP contribution in [-0.4, -0.2) is 68.2 Å². The molecule has 0 amide bonds. The Kier molecular flexibility index (Phi) is 3.27. The minimum atomic E-state index is -0.559. The molecule has 2 aliphatic heterocycles. The molecule has 0 aliphatic carbocycles. The van der Waals surface area contributed by atoms with Gasteiger partial charge in [-0.05, 0) is 24.6 Å². The molecule has 3 atom stereocenters. The van der Waals surface area contributed by atoms with Gasteiger partial charge in [-0.15, -0.1) is 10.2 Å². The summed E-state index contributed by atoms with van der Waals surface area (Å²) >= 11 is 0. The molecule has 7 heteroatoms. The highest BCUT2D eigenvalue weighted by atomic mass is 16.5. The largest absolute Gasteiger partial charge is 0.390 e. The molecule has 0 aromatic carbocycles. The van der Waals surface area contributed by atoms with E-state index in [0.29, 0.717) is 18.3 Å². The first-order valence-corrected chi connectivity index (χ1v) is 6.49. The van der Waals surface area contributed by atoms with Crippen LogP contribution in [0.5, 0.6) is 0 Å². The van der Waals surface area contributed by atoms with Crippen LogP contribution >= 0.6 is 0 Å². The molecule has 3 unspecified atom stereocenters. The van der Waals surface area contributed by atoms with Gasteiger partial charge in [0.15, 0.2) is 5.82 Å². The van der Waals surface area contributed by atoms with Crippen molar-refractivity contribution in [3.8, 4) is 0 Å². The maximum atomic E-state index is 10.2. The van der Waals surface area contributed by atoms with E-state index in [1.54, 1.807) is 7.05 Å². The zero-order chi connectivity index (χ0) is 12.5. The average molecular weight is 253 g/mol. The lowest BCUT2D eigenvalue weighted by molar-refractivity contribution is -0.102. The quantitative estimate of drug-likeness (QED) is 0.743. The van der Waals surface area contributed by atoms with Crippen molar-refractivity contribution in [2.24, 2.45) is 7.05 Å². The van der Waals surface area contributed by atoms with E-state index in [1.807, 2.05) is 0 Å². The summed E-state index contributed by atoms with van der Waals surface area (Å²) in [5, 5.41) is 21.9. The lowest BCUT2D eigenvalue weighted by Gasteiger charge is -2.37. The molecule has 7 nitrogen and oxygen atoms in total. The van der Waals surface area contributed by atoms with Crippen LogP contribution in [0.3, 0.4) is 0 Å². The molecule has 100 valence electrons. The van der Waals surface area contributed by atoms with Crippen LogP contribution in [0.15, 0.2) is 0 Å². The number of fused-ring (bicyclic) bond motifs is 1. The Morgan fingerprint density at radius 1 is 1.56 bits per heavy atom. The van der Waals surface area contributed by atoms with E-state index in [1.165, 1.54) is 17.6 Å². The molecule has 1 N–H and O–H groups in total. The number of hydrogen-bond donors (Lipinski definition) is 1. The smallest absolute Gasteiger partial charge is 0.177 e. The Morgan fingerprint density at radius 2 is 2.44 bits per heavy atom. The van der Waals surface area contributed by atoms with E-state index in [-0.39, 0.29) is 6.10 Å². The van der Waals surface area contributed by atoms with Crippen molar-refractivity contribution in [3.63, 3.8) is 0 Å². The summed E-state index contributed by atoms with van der Waals surface area (Å²) in [5.74, 6) is 0.567. The lowest BCUT2D eigenvalue weighted by Crippen LogP contribution is -2.50. The number of aromatic nitrogens is 4. The predicted octanol–water partition coefficient (Wildman–Crippen LogP) is -1.02. The molecule has 3 rings (SSSR count). The van der Waals surface area contributed by atoms with Crippen LogP contribution in [0.4, 0.5) is 0 Å². The Morgan fingerprint density at radius 3 is 3.22 bits per heavy atom. The van der Waals surface area contributed by atoms with Crippen molar-refractivity contribution < 1.29 is 9.84 Å².